The summed E-state index contributed by atoms with van der Waals surface area (Å²) in [5, 5.41) is 0. The molecule has 0 saturated carbocycles. The largest absolute Gasteiger partial charge is 0.494 e. The van der Waals surface area contributed by atoms with Gasteiger partial charge < -0.3 is 9.31 Å². The van der Waals surface area contributed by atoms with Crippen LogP contribution in [0.1, 0.15) is 46.7 Å². The zero-order chi connectivity index (χ0) is 13.4. The average molecular weight is 284 g/mol. The molecule has 0 radical (unpaired) electrons. The molecule has 2 rings (SSSR count). The van der Waals surface area contributed by atoms with Crippen LogP contribution in [0.3, 0.4) is 0 Å². The monoisotopic (exact) mass is 283 g/mol. The third kappa shape index (κ3) is 3.30. The Morgan fingerprint density at radius 2 is 1.74 bits per heavy atom. The molecule has 0 bridgehead atoms. The first-order valence-corrected chi connectivity index (χ1v) is 6.66. The smallest absolute Gasteiger partial charge is 0.399 e. The second-order valence-electron chi connectivity index (χ2n) is 5.92. The van der Waals surface area contributed by atoms with Crippen molar-refractivity contribution in [1.82, 2.24) is 4.98 Å². The zero-order valence-electron chi connectivity index (χ0n) is 12.4. The van der Waals surface area contributed by atoms with Gasteiger partial charge in [-0.3, -0.25) is 4.98 Å². The summed E-state index contributed by atoms with van der Waals surface area (Å²) < 4.78 is 12.1. The SMILES string of the molecule is CCCc1cc(B2OC(C)(C)C(C)(C)O2)ccn1.Cl. The molecule has 1 aliphatic rings. The lowest BCUT2D eigenvalue weighted by Crippen LogP contribution is -2.41. The molecular weight excluding hydrogens is 260 g/mol. The molecule has 0 aliphatic carbocycles. The third-order valence-electron chi connectivity index (χ3n) is 3.87. The van der Waals surface area contributed by atoms with Crippen LogP contribution in [0, 0.1) is 0 Å². The molecule has 1 aromatic heterocycles. The van der Waals surface area contributed by atoms with Crippen LogP contribution in [0.4, 0.5) is 0 Å². The molecule has 0 aromatic carbocycles. The van der Waals surface area contributed by atoms with Crippen molar-refractivity contribution in [3.63, 3.8) is 0 Å². The Kier molecular flexibility index (Phi) is 5.05. The van der Waals surface area contributed by atoms with Crippen LogP contribution >= 0.6 is 12.4 Å². The van der Waals surface area contributed by atoms with Gasteiger partial charge in [-0.1, -0.05) is 13.3 Å². The minimum absolute atomic E-state index is 0. The maximum Gasteiger partial charge on any atom is 0.494 e. The average Bonchev–Trinajstić information content (AvgIpc) is 2.49. The van der Waals surface area contributed by atoms with Gasteiger partial charge in [0.2, 0.25) is 0 Å². The van der Waals surface area contributed by atoms with E-state index in [1.165, 1.54) is 0 Å². The van der Waals surface area contributed by atoms with E-state index in [1.807, 2.05) is 12.3 Å². The van der Waals surface area contributed by atoms with Gasteiger partial charge in [-0.2, -0.15) is 0 Å². The molecule has 1 saturated heterocycles. The highest BCUT2D eigenvalue weighted by Crippen LogP contribution is 2.36. The van der Waals surface area contributed by atoms with Gasteiger partial charge in [-0.15, -0.1) is 12.4 Å². The van der Waals surface area contributed by atoms with Crippen LogP contribution in [-0.2, 0) is 15.7 Å². The minimum Gasteiger partial charge on any atom is -0.399 e. The number of aromatic nitrogens is 1. The van der Waals surface area contributed by atoms with Crippen molar-refractivity contribution in [3.05, 3.63) is 24.0 Å². The highest BCUT2D eigenvalue weighted by Gasteiger charge is 2.51. The third-order valence-corrected chi connectivity index (χ3v) is 3.87. The van der Waals surface area contributed by atoms with E-state index in [4.69, 9.17) is 9.31 Å². The van der Waals surface area contributed by atoms with Gasteiger partial charge in [-0.25, -0.2) is 0 Å². The van der Waals surface area contributed by atoms with E-state index in [9.17, 15) is 0 Å². The van der Waals surface area contributed by atoms with E-state index in [0.717, 1.165) is 24.0 Å². The van der Waals surface area contributed by atoms with Crippen molar-refractivity contribution >= 4 is 25.0 Å². The normalized spacial score (nSPS) is 20.2. The summed E-state index contributed by atoms with van der Waals surface area (Å²) >= 11 is 0. The number of rotatable bonds is 3. The van der Waals surface area contributed by atoms with E-state index in [0.29, 0.717) is 0 Å². The standard InChI is InChI=1S/C14H22BNO2.ClH/c1-6-7-12-10-11(8-9-16-12)15-17-13(2,3)14(4,5)18-15;/h8-10H,6-7H2,1-5H3;1H. The molecule has 2 heterocycles. The Hall–Kier alpha value is -0.575. The maximum absolute atomic E-state index is 6.03. The Balaban J connectivity index is 0.00000180. The fourth-order valence-corrected chi connectivity index (χ4v) is 2.02. The van der Waals surface area contributed by atoms with Crippen LogP contribution in [0.15, 0.2) is 18.3 Å². The van der Waals surface area contributed by atoms with Gasteiger partial charge in [0.25, 0.3) is 0 Å². The number of aryl methyl sites for hydroxylation is 1. The van der Waals surface area contributed by atoms with Gasteiger partial charge in [0.15, 0.2) is 0 Å². The first kappa shape index (κ1) is 16.5. The first-order valence-electron chi connectivity index (χ1n) is 6.66. The molecular formula is C14H23BClNO2. The van der Waals surface area contributed by atoms with Crippen LogP contribution in [0.25, 0.3) is 0 Å². The maximum atomic E-state index is 6.03. The molecule has 5 heteroatoms. The summed E-state index contributed by atoms with van der Waals surface area (Å²) in [6.45, 7) is 10.4. The molecule has 1 fully saturated rings. The first-order chi connectivity index (χ1) is 8.36. The van der Waals surface area contributed by atoms with Crippen LogP contribution in [-0.4, -0.2) is 23.3 Å². The topological polar surface area (TPSA) is 31.4 Å². The minimum atomic E-state index is -0.286. The summed E-state index contributed by atoms with van der Waals surface area (Å²) in [6, 6.07) is 4.06. The Morgan fingerprint density at radius 1 is 1.16 bits per heavy atom. The van der Waals surface area contributed by atoms with E-state index in [1.54, 1.807) is 0 Å². The second kappa shape index (κ2) is 5.82. The van der Waals surface area contributed by atoms with Gasteiger partial charge >= 0.3 is 7.12 Å². The van der Waals surface area contributed by atoms with Crippen molar-refractivity contribution in [2.45, 2.75) is 58.7 Å². The summed E-state index contributed by atoms with van der Waals surface area (Å²) in [5.74, 6) is 0. The van der Waals surface area contributed by atoms with Crippen molar-refractivity contribution in [3.8, 4) is 0 Å². The molecule has 19 heavy (non-hydrogen) atoms. The molecule has 0 N–H and O–H groups in total. The highest BCUT2D eigenvalue weighted by atomic mass is 35.5. The van der Waals surface area contributed by atoms with Gasteiger partial charge in [0, 0.05) is 11.9 Å². The lowest BCUT2D eigenvalue weighted by molar-refractivity contribution is 0.00578. The molecule has 0 amide bonds. The van der Waals surface area contributed by atoms with E-state index >= 15 is 0 Å². The van der Waals surface area contributed by atoms with Crippen molar-refractivity contribution < 1.29 is 9.31 Å². The fourth-order valence-electron chi connectivity index (χ4n) is 2.02. The summed E-state index contributed by atoms with van der Waals surface area (Å²) in [4.78, 5) is 4.36. The summed E-state index contributed by atoms with van der Waals surface area (Å²) in [6.07, 6.45) is 3.93. The zero-order valence-corrected chi connectivity index (χ0v) is 13.2. The van der Waals surface area contributed by atoms with Crippen LogP contribution < -0.4 is 5.46 Å². The number of hydrogen-bond donors (Lipinski definition) is 0. The fraction of sp³-hybridized carbons (Fsp3) is 0.643. The lowest BCUT2D eigenvalue weighted by atomic mass is 9.79. The summed E-state index contributed by atoms with van der Waals surface area (Å²) in [7, 11) is -0.284. The Morgan fingerprint density at radius 3 is 2.26 bits per heavy atom. The number of halogens is 1. The number of hydrogen-bond acceptors (Lipinski definition) is 3. The van der Waals surface area contributed by atoms with Crippen molar-refractivity contribution in [1.29, 1.82) is 0 Å². The van der Waals surface area contributed by atoms with Gasteiger partial charge in [-0.05, 0) is 51.7 Å². The molecule has 1 aromatic rings. The number of nitrogens with zero attached hydrogens (tertiary/aromatic N) is 1. The molecule has 106 valence electrons. The Bertz CT molecular complexity index is 421. The quantitative estimate of drug-likeness (QED) is 0.799. The molecule has 0 atom stereocenters. The lowest BCUT2D eigenvalue weighted by Gasteiger charge is -2.32. The van der Waals surface area contributed by atoms with E-state index in [2.05, 4.69) is 45.7 Å². The molecule has 0 unspecified atom stereocenters. The predicted octanol–water partition coefficient (Wildman–Crippen LogP) is 2.76. The predicted molar refractivity (Wildman–Crippen MR) is 81.2 cm³/mol. The van der Waals surface area contributed by atoms with Crippen LogP contribution in [0.5, 0.6) is 0 Å². The van der Waals surface area contributed by atoms with E-state index < -0.39 is 0 Å². The van der Waals surface area contributed by atoms with Gasteiger partial charge in [0.1, 0.15) is 0 Å². The van der Waals surface area contributed by atoms with Crippen molar-refractivity contribution in [2.75, 3.05) is 0 Å². The van der Waals surface area contributed by atoms with Crippen LogP contribution in [0.2, 0.25) is 0 Å². The molecule has 1 aliphatic heterocycles. The summed E-state index contributed by atoms with van der Waals surface area (Å²) in [5.41, 5.74) is 1.59. The Labute approximate surface area is 122 Å². The second-order valence-corrected chi connectivity index (χ2v) is 5.92. The van der Waals surface area contributed by atoms with Gasteiger partial charge in [0.05, 0.1) is 11.2 Å². The number of pyridine rings is 1. The van der Waals surface area contributed by atoms with E-state index in [-0.39, 0.29) is 30.7 Å². The van der Waals surface area contributed by atoms with Crippen molar-refractivity contribution in [2.24, 2.45) is 0 Å². The molecule has 0 spiro atoms. The molecule has 3 nitrogen and oxygen atoms in total. The highest BCUT2D eigenvalue weighted by molar-refractivity contribution is 6.62.